The van der Waals surface area contributed by atoms with Crippen LogP contribution in [0.4, 0.5) is 4.39 Å². The normalized spacial score (nSPS) is 11.9. The summed E-state index contributed by atoms with van der Waals surface area (Å²) >= 11 is 0. The Balaban J connectivity index is 1.87. The molecule has 0 saturated heterocycles. The predicted octanol–water partition coefficient (Wildman–Crippen LogP) is 3.34. The van der Waals surface area contributed by atoms with Gasteiger partial charge in [-0.3, -0.25) is 4.79 Å². The number of para-hydroxylation sites is 1. The van der Waals surface area contributed by atoms with Crippen molar-refractivity contribution < 1.29 is 14.3 Å². The molecule has 0 radical (unpaired) electrons. The summed E-state index contributed by atoms with van der Waals surface area (Å²) in [5.74, 6) is -0.191. The first-order valence-corrected chi connectivity index (χ1v) is 6.88. The highest BCUT2D eigenvalue weighted by molar-refractivity contribution is 5.76. The van der Waals surface area contributed by atoms with Crippen molar-refractivity contribution in [2.75, 3.05) is 0 Å². The number of phenols is 1. The summed E-state index contributed by atoms with van der Waals surface area (Å²) in [6, 6.07) is 12.9. The third kappa shape index (κ3) is 4.31. The van der Waals surface area contributed by atoms with Crippen molar-refractivity contribution in [3.8, 4) is 5.75 Å². The molecule has 2 aromatic carbocycles. The molecular formula is C17H18FNO2. The molecule has 2 rings (SSSR count). The van der Waals surface area contributed by atoms with E-state index >= 15 is 0 Å². The topological polar surface area (TPSA) is 49.3 Å². The van der Waals surface area contributed by atoms with Crippen LogP contribution in [0.2, 0.25) is 0 Å². The monoisotopic (exact) mass is 287 g/mol. The first-order chi connectivity index (χ1) is 10.1. The minimum Gasteiger partial charge on any atom is -0.508 e. The van der Waals surface area contributed by atoms with Gasteiger partial charge in [-0.05, 0) is 42.7 Å². The van der Waals surface area contributed by atoms with Gasteiger partial charge in [-0.2, -0.15) is 0 Å². The van der Waals surface area contributed by atoms with Gasteiger partial charge in [-0.1, -0.05) is 30.3 Å². The summed E-state index contributed by atoms with van der Waals surface area (Å²) in [7, 11) is 0. The molecule has 0 unspecified atom stereocenters. The maximum absolute atomic E-state index is 12.8. The van der Waals surface area contributed by atoms with Gasteiger partial charge in [0.1, 0.15) is 11.6 Å². The smallest absolute Gasteiger partial charge is 0.220 e. The molecule has 0 aromatic heterocycles. The van der Waals surface area contributed by atoms with Crippen LogP contribution >= 0.6 is 0 Å². The van der Waals surface area contributed by atoms with Gasteiger partial charge in [0.25, 0.3) is 0 Å². The highest BCUT2D eigenvalue weighted by Crippen LogP contribution is 2.18. The summed E-state index contributed by atoms with van der Waals surface area (Å²) < 4.78 is 12.8. The van der Waals surface area contributed by atoms with Gasteiger partial charge in [0.2, 0.25) is 5.91 Å². The molecular weight excluding hydrogens is 269 g/mol. The molecule has 0 heterocycles. The summed E-state index contributed by atoms with van der Waals surface area (Å²) in [6.45, 7) is 1.85. The molecule has 0 aliphatic heterocycles. The van der Waals surface area contributed by atoms with Crippen LogP contribution in [-0.4, -0.2) is 11.0 Å². The van der Waals surface area contributed by atoms with Gasteiger partial charge < -0.3 is 10.4 Å². The van der Waals surface area contributed by atoms with E-state index in [4.69, 9.17) is 0 Å². The van der Waals surface area contributed by atoms with E-state index in [2.05, 4.69) is 5.32 Å². The van der Waals surface area contributed by atoms with Crippen LogP contribution in [0.15, 0.2) is 48.5 Å². The fourth-order valence-corrected chi connectivity index (χ4v) is 2.12. The van der Waals surface area contributed by atoms with Crippen LogP contribution in [0, 0.1) is 5.82 Å². The van der Waals surface area contributed by atoms with Crippen LogP contribution in [0.5, 0.6) is 5.75 Å². The second-order valence-electron chi connectivity index (χ2n) is 4.97. The number of halogens is 1. The molecule has 0 aliphatic rings. The van der Waals surface area contributed by atoms with Crippen LogP contribution in [-0.2, 0) is 11.2 Å². The average molecular weight is 287 g/mol. The first kappa shape index (κ1) is 15.0. The summed E-state index contributed by atoms with van der Waals surface area (Å²) in [6.07, 6.45) is 0.776. The van der Waals surface area contributed by atoms with E-state index in [0.29, 0.717) is 12.8 Å². The number of hydrogen-bond donors (Lipinski definition) is 2. The Bertz CT molecular complexity index is 610. The van der Waals surface area contributed by atoms with E-state index in [1.54, 1.807) is 30.3 Å². The second-order valence-corrected chi connectivity index (χ2v) is 4.97. The predicted molar refractivity (Wildman–Crippen MR) is 79.4 cm³/mol. The van der Waals surface area contributed by atoms with Crippen molar-refractivity contribution in [1.82, 2.24) is 5.32 Å². The van der Waals surface area contributed by atoms with E-state index in [0.717, 1.165) is 11.1 Å². The number of carbonyl (C=O) groups is 1. The Morgan fingerprint density at radius 2 is 1.86 bits per heavy atom. The van der Waals surface area contributed by atoms with E-state index < -0.39 is 0 Å². The lowest BCUT2D eigenvalue weighted by molar-refractivity contribution is -0.121. The number of amides is 1. The van der Waals surface area contributed by atoms with E-state index in [-0.39, 0.29) is 23.5 Å². The van der Waals surface area contributed by atoms with Gasteiger partial charge >= 0.3 is 0 Å². The molecule has 0 saturated carbocycles. The summed E-state index contributed by atoms with van der Waals surface area (Å²) in [4.78, 5) is 11.9. The highest BCUT2D eigenvalue weighted by atomic mass is 19.1. The standard InChI is InChI=1S/C17H18FNO2/c1-12(13-6-9-15(18)10-7-13)19-17(21)11-8-14-4-2-3-5-16(14)20/h2-7,9-10,12,20H,8,11H2,1H3,(H,19,21)/t12-/m0/s1. The fraction of sp³-hybridized carbons (Fsp3) is 0.235. The van der Waals surface area contributed by atoms with Crippen molar-refractivity contribution in [2.24, 2.45) is 0 Å². The van der Waals surface area contributed by atoms with Gasteiger partial charge in [-0.25, -0.2) is 4.39 Å². The highest BCUT2D eigenvalue weighted by Gasteiger charge is 2.10. The average Bonchev–Trinajstić information content (AvgIpc) is 2.47. The number of benzene rings is 2. The molecule has 0 fully saturated rings. The quantitative estimate of drug-likeness (QED) is 0.886. The third-order valence-corrected chi connectivity index (χ3v) is 3.36. The number of hydrogen-bond acceptors (Lipinski definition) is 2. The van der Waals surface area contributed by atoms with Crippen molar-refractivity contribution >= 4 is 5.91 Å². The van der Waals surface area contributed by atoms with E-state index in [1.807, 2.05) is 13.0 Å². The maximum atomic E-state index is 12.8. The Hall–Kier alpha value is -2.36. The fourth-order valence-electron chi connectivity index (χ4n) is 2.12. The summed E-state index contributed by atoms with van der Waals surface area (Å²) in [5, 5.41) is 12.5. The van der Waals surface area contributed by atoms with Crippen molar-refractivity contribution in [1.29, 1.82) is 0 Å². The van der Waals surface area contributed by atoms with Gasteiger partial charge in [0, 0.05) is 6.42 Å². The number of carbonyl (C=O) groups excluding carboxylic acids is 1. The van der Waals surface area contributed by atoms with Crippen molar-refractivity contribution in [2.45, 2.75) is 25.8 Å². The lowest BCUT2D eigenvalue weighted by atomic mass is 10.1. The molecule has 0 bridgehead atoms. The lowest BCUT2D eigenvalue weighted by Crippen LogP contribution is -2.26. The van der Waals surface area contributed by atoms with Crippen LogP contribution in [0.3, 0.4) is 0 Å². The molecule has 2 aromatic rings. The molecule has 4 heteroatoms. The molecule has 2 N–H and O–H groups in total. The van der Waals surface area contributed by atoms with Gasteiger partial charge in [-0.15, -0.1) is 0 Å². The molecule has 110 valence electrons. The first-order valence-electron chi connectivity index (χ1n) is 6.88. The van der Waals surface area contributed by atoms with Crippen LogP contribution in [0.25, 0.3) is 0 Å². The molecule has 1 amide bonds. The second kappa shape index (κ2) is 6.88. The number of aromatic hydroxyl groups is 1. The van der Waals surface area contributed by atoms with Gasteiger partial charge in [0.15, 0.2) is 0 Å². The Morgan fingerprint density at radius 3 is 2.52 bits per heavy atom. The van der Waals surface area contributed by atoms with Crippen molar-refractivity contribution in [3.63, 3.8) is 0 Å². The minimum atomic E-state index is -0.295. The molecule has 3 nitrogen and oxygen atoms in total. The minimum absolute atomic E-state index is 0.102. The zero-order valence-electron chi connectivity index (χ0n) is 11.8. The zero-order chi connectivity index (χ0) is 15.2. The molecule has 0 spiro atoms. The number of aryl methyl sites for hydroxylation is 1. The third-order valence-electron chi connectivity index (χ3n) is 3.36. The molecule has 0 aliphatic carbocycles. The van der Waals surface area contributed by atoms with E-state index in [9.17, 15) is 14.3 Å². The zero-order valence-corrected chi connectivity index (χ0v) is 11.8. The number of nitrogens with one attached hydrogen (secondary N) is 1. The van der Waals surface area contributed by atoms with Gasteiger partial charge in [0.05, 0.1) is 6.04 Å². The molecule has 1 atom stereocenters. The Labute approximate surface area is 123 Å². The van der Waals surface area contributed by atoms with E-state index in [1.165, 1.54) is 12.1 Å². The van der Waals surface area contributed by atoms with Crippen LogP contribution < -0.4 is 5.32 Å². The number of rotatable bonds is 5. The Kier molecular flexibility index (Phi) is 4.93. The Morgan fingerprint density at radius 1 is 1.19 bits per heavy atom. The largest absolute Gasteiger partial charge is 0.508 e. The number of phenolic OH excluding ortho intramolecular Hbond substituents is 1. The van der Waals surface area contributed by atoms with Crippen LogP contribution in [0.1, 0.15) is 30.5 Å². The summed E-state index contributed by atoms with van der Waals surface area (Å²) in [5.41, 5.74) is 1.61. The van der Waals surface area contributed by atoms with Crippen molar-refractivity contribution in [3.05, 3.63) is 65.5 Å². The molecule has 21 heavy (non-hydrogen) atoms. The maximum Gasteiger partial charge on any atom is 0.220 e. The lowest BCUT2D eigenvalue weighted by Gasteiger charge is -2.14. The SMILES string of the molecule is C[C@H](NC(=O)CCc1ccccc1O)c1ccc(F)cc1.